The highest BCUT2D eigenvalue weighted by atomic mass is 32.1. The van der Waals surface area contributed by atoms with E-state index in [1.165, 1.54) is 16.7 Å². The van der Waals surface area contributed by atoms with Gasteiger partial charge in [-0.2, -0.15) is 0 Å². The summed E-state index contributed by atoms with van der Waals surface area (Å²) < 4.78 is 6.62. The predicted molar refractivity (Wildman–Crippen MR) is 114 cm³/mol. The minimum atomic E-state index is -0.0760. The van der Waals surface area contributed by atoms with Crippen LogP contribution in [0.15, 0.2) is 53.1 Å². The average molecular weight is 391 g/mol. The maximum atomic E-state index is 13.4. The number of benzene rings is 2. The summed E-state index contributed by atoms with van der Waals surface area (Å²) in [6.45, 7) is 8.55. The van der Waals surface area contributed by atoms with Gasteiger partial charge in [0.15, 0.2) is 5.13 Å². The second-order valence-electron chi connectivity index (χ2n) is 7.20. The minimum absolute atomic E-state index is 0.0760. The number of aromatic nitrogens is 1. The molecule has 0 bridgehead atoms. The molecule has 0 unspecified atom stereocenters. The first-order chi connectivity index (χ1) is 13.4. The number of fused-ring (bicyclic) bond motifs is 1. The lowest BCUT2D eigenvalue weighted by Gasteiger charge is -2.19. The number of nitrogens with zero attached hydrogens (tertiary/aromatic N) is 2. The lowest BCUT2D eigenvalue weighted by atomic mass is 10.1. The van der Waals surface area contributed by atoms with Crippen molar-refractivity contribution in [1.82, 2.24) is 4.98 Å². The molecule has 2 aromatic heterocycles. The van der Waals surface area contributed by atoms with Crippen molar-refractivity contribution in [2.75, 3.05) is 4.90 Å². The second-order valence-corrected chi connectivity index (χ2v) is 8.17. The molecule has 5 heteroatoms. The molecule has 0 saturated carbocycles. The number of carbonyl (C=O) groups excluding carboxylic acids is 1. The summed E-state index contributed by atoms with van der Waals surface area (Å²) in [4.78, 5) is 19.9. The van der Waals surface area contributed by atoms with Crippen LogP contribution in [-0.4, -0.2) is 10.9 Å². The number of rotatable bonds is 4. The van der Waals surface area contributed by atoms with Crippen molar-refractivity contribution in [3.05, 3.63) is 82.3 Å². The Morgan fingerprint density at radius 1 is 1.04 bits per heavy atom. The average Bonchev–Trinajstić information content (AvgIpc) is 3.31. The van der Waals surface area contributed by atoms with Crippen molar-refractivity contribution in [3.8, 4) is 0 Å². The number of aryl methyl sites for hydroxylation is 4. The first-order valence-corrected chi connectivity index (χ1v) is 10.0. The molecule has 0 atom stereocenters. The summed E-state index contributed by atoms with van der Waals surface area (Å²) >= 11 is 1.55. The number of amides is 1. The van der Waals surface area contributed by atoms with Gasteiger partial charge in [0.05, 0.1) is 23.0 Å². The van der Waals surface area contributed by atoms with E-state index in [2.05, 4.69) is 26.0 Å². The Kier molecular flexibility index (Phi) is 4.77. The second kappa shape index (κ2) is 7.24. The fourth-order valence-electron chi connectivity index (χ4n) is 3.30. The summed E-state index contributed by atoms with van der Waals surface area (Å²) in [6, 6.07) is 13.7. The predicted octanol–water partition coefficient (Wildman–Crippen LogP) is 5.97. The van der Waals surface area contributed by atoms with E-state index < -0.39 is 0 Å². The Balaban J connectivity index is 1.80. The normalized spacial score (nSPS) is 11.1. The summed E-state index contributed by atoms with van der Waals surface area (Å²) in [6.07, 6.45) is 1.62. The van der Waals surface area contributed by atoms with Crippen LogP contribution in [0.3, 0.4) is 0 Å². The van der Waals surface area contributed by atoms with E-state index in [4.69, 9.17) is 9.40 Å². The van der Waals surface area contributed by atoms with Crippen LogP contribution >= 0.6 is 11.3 Å². The largest absolute Gasteiger partial charge is 0.467 e. The monoisotopic (exact) mass is 390 g/mol. The third-order valence-corrected chi connectivity index (χ3v) is 6.16. The molecule has 142 valence electrons. The first-order valence-electron chi connectivity index (χ1n) is 9.21. The standard InChI is InChI=1S/C23H22N2O2S/c1-14-10-17(4)21-20(11-14)24-23(28-21)25(13-19-6-5-9-27-19)22(26)18-8-7-15(2)16(3)12-18/h5-12H,13H2,1-4H3. The number of anilines is 1. The van der Waals surface area contributed by atoms with E-state index >= 15 is 0 Å². The highest BCUT2D eigenvalue weighted by Crippen LogP contribution is 2.33. The summed E-state index contributed by atoms with van der Waals surface area (Å²) in [5.41, 5.74) is 6.19. The molecular weight excluding hydrogens is 368 g/mol. The molecule has 0 aliphatic heterocycles. The highest BCUT2D eigenvalue weighted by Gasteiger charge is 2.23. The third kappa shape index (κ3) is 3.45. The fraction of sp³-hybridized carbons (Fsp3) is 0.217. The lowest BCUT2D eigenvalue weighted by Crippen LogP contribution is -2.30. The van der Waals surface area contributed by atoms with Crippen LogP contribution in [-0.2, 0) is 6.54 Å². The van der Waals surface area contributed by atoms with Gasteiger partial charge in [0.1, 0.15) is 5.76 Å². The molecule has 2 aromatic carbocycles. The molecule has 4 aromatic rings. The minimum Gasteiger partial charge on any atom is -0.467 e. The maximum Gasteiger partial charge on any atom is 0.260 e. The van der Waals surface area contributed by atoms with Gasteiger partial charge in [0, 0.05) is 5.56 Å². The van der Waals surface area contributed by atoms with Crippen molar-refractivity contribution >= 4 is 32.6 Å². The molecule has 4 rings (SSSR count). The first kappa shape index (κ1) is 18.4. The molecule has 0 N–H and O–H groups in total. The number of hydrogen-bond acceptors (Lipinski definition) is 4. The molecule has 1 amide bonds. The van der Waals surface area contributed by atoms with Crippen LogP contribution in [0.25, 0.3) is 10.2 Å². The van der Waals surface area contributed by atoms with E-state index in [-0.39, 0.29) is 5.91 Å². The van der Waals surface area contributed by atoms with Crippen molar-refractivity contribution in [1.29, 1.82) is 0 Å². The van der Waals surface area contributed by atoms with E-state index in [1.54, 1.807) is 22.5 Å². The van der Waals surface area contributed by atoms with Crippen LogP contribution in [0.1, 0.15) is 38.4 Å². The summed E-state index contributed by atoms with van der Waals surface area (Å²) in [5.74, 6) is 0.650. The zero-order valence-electron chi connectivity index (χ0n) is 16.4. The Morgan fingerprint density at radius 3 is 2.57 bits per heavy atom. The number of furan rings is 1. The Hall–Kier alpha value is -2.92. The topological polar surface area (TPSA) is 46.3 Å². The summed E-state index contributed by atoms with van der Waals surface area (Å²) in [7, 11) is 0. The van der Waals surface area contributed by atoms with Crippen LogP contribution in [0.2, 0.25) is 0 Å². The number of thiazole rings is 1. The molecule has 0 spiro atoms. The quantitative estimate of drug-likeness (QED) is 0.431. The van der Waals surface area contributed by atoms with Gasteiger partial charge in [-0.3, -0.25) is 9.69 Å². The van der Waals surface area contributed by atoms with E-state index in [0.717, 1.165) is 21.5 Å². The summed E-state index contributed by atoms with van der Waals surface area (Å²) in [5, 5.41) is 0.684. The van der Waals surface area contributed by atoms with Gasteiger partial charge in [0.2, 0.25) is 0 Å². The molecule has 0 aliphatic rings. The number of carbonyl (C=O) groups is 1. The lowest BCUT2D eigenvalue weighted by molar-refractivity contribution is 0.0983. The zero-order valence-corrected chi connectivity index (χ0v) is 17.3. The molecule has 0 fully saturated rings. The highest BCUT2D eigenvalue weighted by molar-refractivity contribution is 7.22. The van der Waals surface area contributed by atoms with Crippen LogP contribution in [0, 0.1) is 27.7 Å². The zero-order chi connectivity index (χ0) is 19.8. The smallest absolute Gasteiger partial charge is 0.260 e. The SMILES string of the molecule is Cc1cc(C)c2sc(N(Cc3ccco3)C(=O)c3ccc(C)c(C)c3)nc2c1. The fourth-order valence-corrected chi connectivity index (χ4v) is 4.31. The van der Waals surface area contributed by atoms with E-state index in [9.17, 15) is 4.79 Å². The van der Waals surface area contributed by atoms with Crippen molar-refractivity contribution in [2.24, 2.45) is 0 Å². The van der Waals surface area contributed by atoms with Gasteiger partial charge in [-0.1, -0.05) is 23.5 Å². The maximum absolute atomic E-state index is 13.4. The van der Waals surface area contributed by atoms with Gasteiger partial charge in [-0.15, -0.1) is 0 Å². The molecule has 2 heterocycles. The van der Waals surface area contributed by atoms with Crippen LogP contribution in [0.5, 0.6) is 0 Å². The molecule has 0 saturated heterocycles. The van der Waals surface area contributed by atoms with Crippen molar-refractivity contribution in [3.63, 3.8) is 0 Å². The Morgan fingerprint density at radius 2 is 1.86 bits per heavy atom. The van der Waals surface area contributed by atoms with Gasteiger partial charge in [0.25, 0.3) is 5.91 Å². The Bertz CT molecular complexity index is 1160. The van der Waals surface area contributed by atoms with Crippen molar-refractivity contribution < 1.29 is 9.21 Å². The molecule has 0 radical (unpaired) electrons. The van der Waals surface area contributed by atoms with Crippen LogP contribution < -0.4 is 4.90 Å². The van der Waals surface area contributed by atoms with Gasteiger partial charge >= 0.3 is 0 Å². The molecule has 4 nitrogen and oxygen atoms in total. The van der Waals surface area contributed by atoms with E-state index in [0.29, 0.717) is 17.2 Å². The van der Waals surface area contributed by atoms with E-state index in [1.807, 2.05) is 44.2 Å². The third-order valence-electron chi connectivity index (χ3n) is 4.93. The molecule has 0 aliphatic carbocycles. The van der Waals surface area contributed by atoms with Gasteiger partial charge < -0.3 is 4.42 Å². The number of hydrogen-bond donors (Lipinski definition) is 0. The van der Waals surface area contributed by atoms with Crippen molar-refractivity contribution in [2.45, 2.75) is 34.2 Å². The molecular formula is C23H22N2O2S. The molecule has 28 heavy (non-hydrogen) atoms. The van der Waals surface area contributed by atoms with Crippen LogP contribution in [0.4, 0.5) is 5.13 Å². The van der Waals surface area contributed by atoms with Gasteiger partial charge in [-0.25, -0.2) is 4.98 Å². The van der Waals surface area contributed by atoms with Gasteiger partial charge in [-0.05, 0) is 80.3 Å². The Labute approximate surface area is 168 Å².